The summed E-state index contributed by atoms with van der Waals surface area (Å²) in [6.45, 7) is 2.63. The highest BCUT2D eigenvalue weighted by molar-refractivity contribution is 9.10. The summed E-state index contributed by atoms with van der Waals surface area (Å²) in [5.74, 6) is -0.102. The number of amides is 1. The maximum Gasteiger partial charge on any atom is 0.234 e. The monoisotopic (exact) mass is 298 g/mol. The van der Waals surface area contributed by atoms with Crippen molar-refractivity contribution in [1.82, 2.24) is 0 Å². The van der Waals surface area contributed by atoms with E-state index >= 15 is 0 Å². The highest BCUT2D eigenvalue weighted by Gasteiger charge is 2.44. The molecular weight excluding hydrogens is 284 g/mol. The summed E-state index contributed by atoms with van der Waals surface area (Å²) in [5, 5.41) is 2.88. The van der Waals surface area contributed by atoms with E-state index < -0.39 is 5.41 Å². The summed E-state index contributed by atoms with van der Waals surface area (Å²) in [4.78, 5) is 12.2. The minimum absolute atomic E-state index is 0.102. The maximum atomic E-state index is 12.2. The second kappa shape index (κ2) is 4.76. The maximum absolute atomic E-state index is 12.2. The van der Waals surface area contributed by atoms with Gasteiger partial charge < -0.3 is 15.8 Å². The van der Waals surface area contributed by atoms with Crippen LogP contribution in [0.2, 0.25) is 0 Å². The van der Waals surface area contributed by atoms with Gasteiger partial charge in [0.1, 0.15) is 0 Å². The molecule has 2 unspecified atom stereocenters. The molecule has 0 bridgehead atoms. The second-order valence-corrected chi connectivity index (χ2v) is 5.33. The number of hydrogen-bond acceptors (Lipinski definition) is 3. The molecule has 0 aromatic heterocycles. The Balaban J connectivity index is 2.15. The lowest BCUT2D eigenvalue weighted by atomic mass is 9.85. The number of hydrogen-bond donors (Lipinski definition) is 2. The molecule has 1 aliphatic rings. The predicted molar refractivity (Wildman–Crippen MR) is 69.7 cm³/mol. The third-order valence-electron chi connectivity index (χ3n) is 3.16. The Kier molecular flexibility index (Phi) is 3.51. The Hall–Kier alpha value is -0.910. The van der Waals surface area contributed by atoms with E-state index in [1.807, 2.05) is 31.2 Å². The van der Waals surface area contributed by atoms with Gasteiger partial charge in [0, 0.05) is 10.5 Å². The average Bonchev–Trinajstić information content (AvgIpc) is 2.64. The molecule has 1 fully saturated rings. The molecule has 1 aromatic carbocycles. The van der Waals surface area contributed by atoms with Crippen LogP contribution in [0.4, 0.5) is 5.69 Å². The van der Waals surface area contributed by atoms with Crippen LogP contribution in [-0.4, -0.2) is 25.2 Å². The summed E-state index contributed by atoms with van der Waals surface area (Å²) in [6.07, 6.45) is 0. The van der Waals surface area contributed by atoms with Crippen LogP contribution in [0.25, 0.3) is 0 Å². The number of nitrogens with two attached hydrogens (primary N) is 1. The topological polar surface area (TPSA) is 64.3 Å². The first-order chi connectivity index (χ1) is 8.04. The normalized spacial score (nSPS) is 28.1. The van der Waals surface area contributed by atoms with Crippen molar-refractivity contribution in [1.29, 1.82) is 0 Å². The van der Waals surface area contributed by atoms with E-state index in [9.17, 15) is 4.79 Å². The molecule has 4 nitrogen and oxygen atoms in total. The van der Waals surface area contributed by atoms with Gasteiger partial charge in [0.15, 0.2) is 0 Å². The largest absolute Gasteiger partial charge is 0.379 e. The minimum Gasteiger partial charge on any atom is -0.379 e. The van der Waals surface area contributed by atoms with Crippen molar-refractivity contribution >= 4 is 27.5 Å². The van der Waals surface area contributed by atoms with Gasteiger partial charge in [-0.05, 0) is 35.0 Å². The molecule has 1 heterocycles. The smallest absolute Gasteiger partial charge is 0.234 e. The van der Waals surface area contributed by atoms with Gasteiger partial charge in [-0.2, -0.15) is 0 Å². The van der Waals surface area contributed by atoms with Gasteiger partial charge in [-0.3, -0.25) is 4.79 Å². The molecule has 2 atom stereocenters. The van der Waals surface area contributed by atoms with Gasteiger partial charge in [0.05, 0.1) is 24.3 Å². The van der Waals surface area contributed by atoms with Crippen molar-refractivity contribution in [2.45, 2.75) is 13.0 Å². The van der Waals surface area contributed by atoms with Gasteiger partial charge >= 0.3 is 0 Å². The first-order valence-electron chi connectivity index (χ1n) is 5.43. The van der Waals surface area contributed by atoms with E-state index in [4.69, 9.17) is 10.5 Å². The summed E-state index contributed by atoms with van der Waals surface area (Å²) in [7, 11) is 0. The number of nitrogens with one attached hydrogen (secondary N) is 1. The van der Waals surface area contributed by atoms with E-state index in [1.54, 1.807) is 0 Å². The van der Waals surface area contributed by atoms with Gasteiger partial charge in [0.2, 0.25) is 5.91 Å². The quantitative estimate of drug-likeness (QED) is 0.874. The summed E-state index contributed by atoms with van der Waals surface area (Å²) in [5.41, 5.74) is 6.00. The van der Waals surface area contributed by atoms with Gasteiger partial charge in [-0.1, -0.05) is 12.1 Å². The second-order valence-electron chi connectivity index (χ2n) is 4.47. The molecule has 92 valence electrons. The Morgan fingerprint density at radius 1 is 1.59 bits per heavy atom. The highest BCUT2D eigenvalue weighted by atomic mass is 79.9. The van der Waals surface area contributed by atoms with Crippen molar-refractivity contribution in [3.8, 4) is 0 Å². The fourth-order valence-corrected chi connectivity index (χ4v) is 2.13. The van der Waals surface area contributed by atoms with Gasteiger partial charge in [0.25, 0.3) is 0 Å². The van der Waals surface area contributed by atoms with E-state index in [-0.39, 0.29) is 11.9 Å². The van der Waals surface area contributed by atoms with Gasteiger partial charge in [-0.15, -0.1) is 0 Å². The number of ether oxygens (including phenoxy) is 1. The lowest BCUT2D eigenvalue weighted by Gasteiger charge is -2.25. The molecule has 3 N–H and O–H groups in total. The van der Waals surface area contributed by atoms with E-state index in [1.165, 1.54) is 0 Å². The third kappa shape index (κ3) is 2.36. The lowest BCUT2D eigenvalue weighted by molar-refractivity contribution is -0.125. The van der Waals surface area contributed by atoms with Crippen LogP contribution >= 0.6 is 15.9 Å². The van der Waals surface area contributed by atoms with Crippen LogP contribution in [0.5, 0.6) is 0 Å². The zero-order valence-corrected chi connectivity index (χ0v) is 11.2. The molecule has 0 aliphatic carbocycles. The molecule has 0 saturated carbocycles. The highest BCUT2D eigenvalue weighted by Crippen LogP contribution is 2.30. The molecule has 5 heteroatoms. The van der Waals surface area contributed by atoms with Crippen LogP contribution in [0.15, 0.2) is 28.7 Å². The standard InChI is InChI=1S/C12H15BrN2O2/c1-12(7-17-6-10(12)14)11(16)15-9-5-3-2-4-8(9)13/h2-5,10H,6-7,14H2,1H3,(H,15,16). The van der Waals surface area contributed by atoms with Crippen molar-refractivity contribution < 1.29 is 9.53 Å². The number of rotatable bonds is 2. The number of anilines is 1. The summed E-state index contributed by atoms with van der Waals surface area (Å²) in [6, 6.07) is 7.22. The first kappa shape index (κ1) is 12.5. The SMILES string of the molecule is CC1(C(=O)Nc2ccccc2Br)COCC1N. The molecule has 1 amide bonds. The Labute approximate surface area is 109 Å². The minimum atomic E-state index is -0.657. The number of carbonyl (C=O) groups excluding carboxylic acids is 1. The Morgan fingerprint density at radius 2 is 2.29 bits per heavy atom. The Bertz CT molecular complexity index is 438. The van der Waals surface area contributed by atoms with Crippen molar-refractivity contribution in [2.75, 3.05) is 18.5 Å². The van der Waals surface area contributed by atoms with Crippen LogP contribution in [0.3, 0.4) is 0 Å². The van der Waals surface area contributed by atoms with Crippen LogP contribution < -0.4 is 11.1 Å². The predicted octanol–water partition coefficient (Wildman–Crippen LogP) is 1.75. The van der Waals surface area contributed by atoms with E-state index in [0.717, 1.165) is 10.2 Å². The molecule has 2 rings (SSSR count). The first-order valence-corrected chi connectivity index (χ1v) is 6.22. The number of benzene rings is 1. The fourth-order valence-electron chi connectivity index (χ4n) is 1.75. The fraction of sp³-hybridized carbons (Fsp3) is 0.417. The summed E-state index contributed by atoms with van der Waals surface area (Å²) >= 11 is 3.39. The average molecular weight is 299 g/mol. The zero-order chi connectivity index (χ0) is 12.5. The molecule has 1 saturated heterocycles. The molecule has 1 aliphatic heterocycles. The van der Waals surface area contributed by atoms with Crippen molar-refractivity contribution in [2.24, 2.45) is 11.1 Å². The molecule has 0 radical (unpaired) electrons. The van der Waals surface area contributed by atoms with Crippen molar-refractivity contribution in [3.05, 3.63) is 28.7 Å². The van der Waals surface area contributed by atoms with E-state index in [0.29, 0.717) is 13.2 Å². The molecular formula is C12H15BrN2O2. The van der Waals surface area contributed by atoms with Gasteiger partial charge in [-0.25, -0.2) is 0 Å². The number of para-hydroxylation sites is 1. The van der Waals surface area contributed by atoms with Crippen LogP contribution in [-0.2, 0) is 9.53 Å². The zero-order valence-electron chi connectivity index (χ0n) is 9.57. The van der Waals surface area contributed by atoms with Crippen molar-refractivity contribution in [3.63, 3.8) is 0 Å². The lowest BCUT2D eigenvalue weighted by Crippen LogP contribution is -2.47. The Morgan fingerprint density at radius 3 is 2.88 bits per heavy atom. The number of halogens is 1. The molecule has 0 spiro atoms. The molecule has 1 aromatic rings. The van der Waals surface area contributed by atoms with Crippen LogP contribution in [0.1, 0.15) is 6.92 Å². The van der Waals surface area contributed by atoms with Crippen LogP contribution in [0, 0.1) is 5.41 Å². The summed E-state index contributed by atoms with van der Waals surface area (Å²) < 4.78 is 6.12. The third-order valence-corrected chi connectivity index (χ3v) is 3.85. The number of carbonyl (C=O) groups is 1. The molecule has 17 heavy (non-hydrogen) atoms. The van der Waals surface area contributed by atoms with E-state index in [2.05, 4.69) is 21.2 Å².